The number of aliphatic hydroxyl groups is 1. The molecule has 106 valence electrons. The highest BCUT2D eigenvalue weighted by Gasteiger charge is 2.23. The molecule has 3 atom stereocenters. The molecule has 1 saturated heterocycles. The number of halogens is 3. The third kappa shape index (κ3) is 3.80. The van der Waals surface area contributed by atoms with Crippen molar-refractivity contribution >= 4 is 23.2 Å². The van der Waals surface area contributed by atoms with Crippen molar-refractivity contribution in [3.63, 3.8) is 0 Å². The highest BCUT2D eigenvalue weighted by Crippen LogP contribution is 2.31. The van der Waals surface area contributed by atoms with Crippen LogP contribution < -0.4 is 5.32 Å². The summed E-state index contributed by atoms with van der Waals surface area (Å²) >= 11 is 11.6. The normalized spacial score (nSPS) is 25.3. The maximum atomic E-state index is 13.4. The quantitative estimate of drug-likeness (QED) is 0.844. The molecule has 2 N–H and O–H groups in total. The Bertz CT molecular complexity index is 459. The van der Waals surface area contributed by atoms with Gasteiger partial charge in [0.05, 0.1) is 24.3 Å². The Balaban J connectivity index is 2.07. The van der Waals surface area contributed by atoms with Crippen LogP contribution in [-0.4, -0.2) is 30.4 Å². The van der Waals surface area contributed by atoms with Gasteiger partial charge in [0.2, 0.25) is 0 Å². The van der Waals surface area contributed by atoms with Crippen LogP contribution in [0.2, 0.25) is 10.0 Å². The molecule has 1 heterocycles. The Kier molecular flexibility index (Phi) is 5.03. The second kappa shape index (κ2) is 6.37. The fraction of sp³-hybridized carbons (Fsp3) is 0.538. The largest absolute Gasteiger partial charge is 0.388 e. The number of morpholine rings is 1. The molecule has 0 bridgehead atoms. The van der Waals surface area contributed by atoms with E-state index in [1.165, 1.54) is 12.1 Å². The van der Waals surface area contributed by atoms with Crippen molar-refractivity contribution in [2.45, 2.75) is 31.5 Å². The maximum absolute atomic E-state index is 13.4. The zero-order valence-electron chi connectivity index (χ0n) is 10.5. The predicted molar refractivity (Wildman–Crippen MR) is 73.2 cm³/mol. The van der Waals surface area contributed by atoms with Crippen molar-refractivity contribution in [3.8, 4) is 0 Å². The molecule has 0 spiro atoms. The zero-order chi connectivity index (χ0) is 14.0. The van der Waals surface area contributed by atoms with Crippen molar-refractivity contribution in [3.05, 3.63) is 33.6 Å². The minimum atomic E-state index is -0.856. The Hall–Kier alpha value is -0.390. The Labute approximate surface area is 121 Å². The predicted octanol–water partition coefficient (Wildman–Crippen LogP) is 2.93. The van der Waals surface area contributed by atoms with Crippen LogP contribution in [0.4, 0.5) is 4.39 Å². The standard InChI is InChI=1S/C13H16Cl2FNO2/c1-7-5-19-6-8(17-7)2-13(18)9-3-12(16)11(15)4-10(9)14/h3-4,7-8,13,17-18H,2,5-6H2,1H3. The lowest BCUT2D eigenvalue weighted by molar-refractivity contribution is 0.0304. The monoisotopic (exact) mass is 307 g/mol. The van der Waals surface area contributed by atoms with Gasteiger partial charge in [-0.3, -0.25) is 0 Å². The number of nitrogens with one attached hydrogen (secondary N) is 1. The summed E-state index contributed by atoms with van der Waals surface area (Å²) in [5.74, 6) is -0.582. The lowest BCUT2D eigenvalue weighted by atomic mass is 10.0. The summed E-state index contributed by atoms with van der Waals surface area (Å²) in [5, 5.41) is 13.7. The average molecular weight is 308 g/mol. The molecule has 0 aromatic heterocycles. The topological polar surface area (TPSA) is 41.5 Å². The maximum Gasteiger partial charge on any atom is 0.142 e. The van der Waals surface area contributed by atoms with Gasteiger partial charge in [0, 0.05) is 22.7 Å². The number of benzene rings is 1. The van der Waals surface area contributed by atoms with E-state index in [1.54, 1.807) is 0 Å². The molecule has 1 aromatic carbocycles. The molecule has 1 fully saturated rings. The van der Waals surface area contributed by atoms with Crippen LogP contribution >= 0.6 is 23.2 Å². The second-order valence-electron chi connectivity index (χ2n) is 4.84. The van der Waals surface area contributed by atoms with E-state index in [9.17, 15) is 9.50 Å². The van der Waals surface area contributed by atoms with Crippen LogP contribution in [0.15, 0.2) is 12.1 Å². The SMILES string of the molecule is CC1COCC(CC(O)c2cc(F)c(Cl)cc2Cl)N1. The molecule has 1 aliphatic rings. The van der Waals surface area contributed by atoms with Gasteiger partial charge in [-0.25, -0.2) is 4.39 Å². The number of ether oxygens (including phenoxy) is 1. The van der Waals surface area contributed by atoms with E-state index >= 15 is 0 Å². The third-order valence-corrected chi connectivity index (χ3v) is 3.73. The van der Waals surface area contributed by atoms with Gasteiger partial charge in [-0.2, -0.15) is 0 Å². The molecule has 0 amide bonds. The van der Waals surface area contributed by atoms with E-state index in [2.05, 4.69) is 5.32 Å². The summed E-state index contributed by atoms with van der Waals surface area (Å²) < 4.78 is 18.8. The fourth-order valence-electron chi connectivity index (χ4n) is 2.21. The van der Waals surface area contributed by atoms with Gasteiger partial charge >= 0.3 is 0 Å². The number of aliphatic hydroxyl groups excluding tert-OH is 1. The van der Waals surface area contributed by atoms with Crippen LogP contribution in [0.5, 0.6) is 0 Å². The zero-order valence-corrected chi connectivity index (χ0v) is 12.0. The highest BCUT2D eigenvalue weighted by atomic mass is 35.5. The Morgan fingerprint density at radius 3 is 2.84 bits per heavy atom. The lowest BCUT2D eigenvalue weighted by Gasteiger charge is -2.30. The first-order valence-corrected chi connectivity index (χ1v) is 6.89. The number of rotatable bonds is 3. The first kappa shape index (κ1) is 15.0. The fourth-order valence-corrected chi connectivity index (χ4v) is 2.72. The van der Waals surface area contributed by atoms with Gasteiger partial charge in [0.15, 0.2) is 0 Å². The minimum absolute atomic E-state index is 0.0218. The molecule has 0 aliphatic carbocycles. The van der Waals surface area contributed by atoms with Gasteiger partial charge in [-0.1, -0.05) is 23.2 Å². The van der Waals surface area contributed by atoms with E-state index in [4.69, 9.17) is 27.9 Å². The molecule has 19 heavy (non-hydrogen) atoms. The summed E-state index contributed by atoms with van der Waals surface area (Å²) in [6, 6.07) is 2.75. The van der Waals surface area contributed by atoms with E-state index in [-0.39, 0.29) is 22.1 Å². The van der Waals surface area contributed by atoms with Crippen LogP contribution in [-0.2, 0) is 4.74 Å². The van der Waals surface area contributed by atoms with Crippen LogP contribution in [0.3, 0.4) is 0 Å². The van der Waals surface area contributed by atoms with Gasteiger partial charge < -0.3 is 15.2 Å². The molecule has 3 nitrogen and oxygen atoms in total. The van der Waals surface area contributed by atoms with Crippen LogP contribution in [0, 0.1) is 5.82 Å². The van der Waals surface area contributed by atoms with Crippen molar-refractivity contribution in [1.29, 1.82) is 0 Å². The number of hydrogen-bond acceptors (Lipinski definition) is 3. The summed E-state index contributed by atoms with van der Waals surface area (Å²) in [6.07, 6.45) is -0.448. The van der Waals surface area contributed by atoms with Crippen molar-refractivity contribution in [2.75, 3.05) is 13.2 Å². The van der Waals surface area contributed by atoms with E-state index in [0.29, 0.717) is 25.2 Å². The molecule has 6 heteroatoms. The smallest absolute Gasteiger partial charge is 0.142 e. The molecule has 0 radical (unpaired) electrons. The van der Waals surface area contributed by atoms with Crippen molar-refractivity contribution < 1.29 is 14.2 Å². The minimum Gasteiger partial charge on any atom is -0.388 e. The van der Waals surface area contributed by atoms with E-state index in [1.807, 2.05) is 6.92 Å². The van der Waals surface area contributed by atoms with Crippen molar-refractivity contribution in [1.82, 2.24) is 5.32 Å². The summed E-state index contributed by atoms with van der Waals surface area (Å²) in [4.78, 5) is 0. The molecule has 3 unspecified atom stereocenters. The first-order chi connectivity index (χ1) is 8.97. The lowest BCUT2D eigenvalue weighted by Crippen LogP contribution is -2.47. The van der Waals surface area contributed by atoms with E-state index < -0.39 is 11.9 Å². The molecular weight excluding hydrogens is 292 g/mol. The van der Waals surface area contributed by atoms with E-state index in [0.717, 1.165) is 0 Å². The van der Waals surface area contributed by atoms with Gasteiger partial charge in [-0.05, 0) is 25.5 Å². The molecule has 1 aliphatic heterocycles. The Morgan fingerprint density at radius 1 is 1.42 bits per heavy atom. The van der Waals surface area contributed by atoms with Crippen LogP contribution in [0.1, 0.15) is 25.0 Å². The molecule has 0 saturated carbocycles. The summed E-state index contributed by atoms with van der Waals surface area (Å²) in [7, 11) is 0. The molecule has 2 rings (SSSR count). The van der Waals surface area contributed by atoms with Gasteiger partial charge in [0.1, 0.15) is 5.82 Å². The highest BCUT2D eigenvalue weighted by molar-refractivity contribution is 6.35. The second-order valence-corrected chi connectivity index (χ2v) is 5.66. The summed E-state index contributed by atoms with van der Waals surface area (Å²) in [5.41, 5.74) is 0.351. The van der Waals surface area contributed by atoms with Gasteiger partial charge in [-0.15, -0.1) is 0 Å². The first-order valence-electron chi connectivity index (χ1n) is 6.13. The van der Waals surface area contributed by atoms with Crippen LogP contribution in [0.25, 0.3) is 0 Å². The average Bonchev–Trinajstić information content (AvgIpc) is 2.33. The van der Waals surface area contributed by atoms with Crippen molar-refractivity contribution in [2.24, 2.45) is 0 Å². The third-order valence-electron chi connectivity index (χ3n) is 3.11. The number of hydrogen-bond donors (Lipinski definition) is 2. The molecular formula is C13H16Cl2FNO2. The summed E-state index contributed by atoms with van der Waals surface area (Å²) in [6.45, 7) is 3.19. The Morgan fingerprint density at radius 2 is 2.16 bits per heavy atom. The van der Waals surface area contributed by atoms with Gasteiger partial charge in [0.25, 0.3) is 0 Å². The molecule has 1 aromatic rings.